The van der Waals surface area contributed by atoms with E-state index in [0.29, 0.717) is 13.0 Å². The lowest BCUT2D eigenvalue weighted by Gasteiger charge is -2.24. The Morgan fingerprint density at radius 2 is 2.11 bits per heavy atom. The summed E-state index contributed by atoms with van der Waals surface area (Å²) in [4.78, 5) is 0. The number of hydrogen-bond donors (Lipinski definition) is 1. The molecule has 0 spiro atoms. The van der Waals surface area contributed by atoms with Crippen LogP contribution in [-0.2, 0) is 13.0 Å². The molecule has 0 saturated carbocycles. The van der Waals surface area contributed by atoms with Crippen LogP contribution in [0.5, 0.6) is 0 Å². The quantitative estimate of drug-likeness (QED) is 0.918. The van der Waals surface area contributed by atoms with Crippen molar-refractivity contribution < 1.29 is 9.52 Å². The van der Waals surface area contributed by atoms with Gasteiger partial charge in [0.15, 0.2) is 0 Å². The summed E-state index contributed by atoms with van der Waals surface area (Å²) in [6.07, 6.45) is 1.94. The summed E-state index contributed by atoms with van der Waals surface area (Å²) in [5.41, 5.74) is 0.646. The summed E-state index contributed by atoms with van der Waals surface area (Å²) >= 11 is 0. The summed E-state index contributed by atoms with van der Waals surface area (Å²) in [6, 6.07) is 3.86. The summed E-state index contributed by atoms with van der Waals surface area (Å²) in [7, 11) is 0. The Bertz CT molecular complexity index is 537. The maximum Gasteiger partial charge on any atom is 0.125 e. The van der Waals surface area contributed by atoms with Gasteiger partial charge in [-0.3, -0.25) is 0 Å². The van der Waals surface area contributed by atoms with Crippen LogP contribution < -0.4 is 0 Å². The zero-order valence-electron chi connectivity index (χ0n) is 11.9. The largest absolute Gasteiger partial charge is 0.464 e. The van der Waals surface area contributed by atoms with Crippen LogP contribution in [-0.4, -0.2) is 26.2 Å². The maximum atomic E-state index is 10.0. The number of nitrogens with zero attached hydrogens (tertiary/aromatic N) is 3. The summed E-state index contributed by atoms with van der Waals surface area (Å²) in [5.74, 6) is 1.74. The molecule has 1 atom stereocenters. The Hall–Kier alpha value is -1.62. The third kappa shape index (κ3) is 3.67. The van der Waals surface area contributed by atoms with Gasteiger partial charge in [-0.05, 0) is 24.5 Å². The normalized spacial score (nSPS) is 13.7. The number of aliphatic hydroxyl groups excluding tert-OH is 1. The van der Waals surface area contributed by atoms with Gasteiger partial charge in [0.2, 0.25) is 0 Å². The number of aliphatic hydroxyl groups is 1. The molecule has 1 unspecified atom stereocenters. The predicted octanol–water partition coefficient (Wildman–Crippen LogP) is 2.18. The second-order valence-electron chi connectivity index (χ2n) is 6.01. The highest BCUT2D eigenvalue weighted by molar-refractivity contribution is 5.06. The molecule has 1 N–H and O–H groups in total. The van der Waals surface area contributed by atoms with Crippen molar-refractivity contribution >= 4 is 0 Å². The topological polar surface area (TPSA) is 64.1 Å². The van der Waals surface area contributed by atoms with E-state index in [1.54, 1.807) is 4.68 Å². The van der Waals surface area contributed by atoms with Gasteiger partial charge in [0, 0.05) is 12.6 Å². The minimum Gasteiger partial charge on any atom is -0.464 e. The monoisotopic (exact) mass is 263 g/mol. The van der Waals surface area contributed by atoms with Crippen LogP contribution in [0.15, 0.2) is 22.7 Å². The molecular weight excluding hydrogens is 242 g/mol. The molecule has 19 heavy (non-hydrogen) atoms. The minimum atomic E-state index is -0.427. The minimum absolute atomic E-state index is 0.151. The molecule has 104 valence electrons. The van der Waals surface area contributed by atoms with Gasteiger partial charge in [-0.15, -0.1) is 5.10 Å². The second-order valence-corrected chi connectivity index (χ2v) is 6.01. The van der Waals surface area contributed by atoms with E-state index >= 15 is 0 Å². The number of furan rings is 1. The van der Waals surface area contributed by atoms with Crippen LogP contribution in [0.2, 0.25) is 0 Å². The van der Waals surface area contributed by atoms with Crippen molar-refractivity contribution in [1.82, 2.24) is 15.0 Å². The van der Waals surface area contributed by atoms with Crippen molar-refractivity contribution in [2.45, 2.75) is 46.8 Å². The molecular formula is C14H21N3O2. The van der Waals surface area contributed by atoms with E-state index in [1.165, 1.54) is 0 Å². The van der Waals surface area contributed by atoms with E-state index in [0.717, 1.165) is 17.2 Å². The molecule has 0 amide bonds. The van der Waals surface area contributed by atoms with E-state index in [4.69, 9.17) is 4.42 Å². The molecule has 2 aromatic rings. The third-order valence-electron chi connectivity index (χ3n) is 3.10. The van der Waals surface area contributed by atoms with Crippen LogP contribution in [0.1, 0.15) is 38.0 Å². The first-order valence-electron chi connectivity index (χ1n) is 6.47. The van der Waals surface area contributed by atoms with E-state index in [-0.39, 0.29) is 5.41 Å². The lowest BCUT2D eigenvalue weighted by Crippen LogP contribution is -2.28. The molecule has 0 radical (unpaired) electrons. The summed E-state index contributed by atoms with van der Waals surface area (Å²) < 4.78 is 7.22. The molecule has 0 aliphatic carbocycles. The molecule has 0 fully saturated rings. The fraction of sp³-hybridized carbons (Fsp3) is 0.571. The highest BCUT2D eigenvalue weighted by Crippen LogP contribution is 2.21. The van der Waals surface area contributed by atoms with Crippen LogP contribution in [0, 0.1) is 12.3 Å². The smallest absolute Gasteiger partial charge is 0.125 e. The lowest BCUT2D eigenvalue weighted by molar-refractivity contribution is 0.0627. The molecule has 5 nitrogen and oxygen atoms in total. The average molecular weight is 263 g/mol. The van der Waals surface area contributed by atoms with Crippen molar-refractivity contribution in [1.29, 1.82) is 0 Å². The Morgan fingerprint density at radius 1 is 1.37 bits per heavy atom. The Labute approximate surface area is 113 Å². The van der Waals surface area contributed by atoms with Gasteiger partial charge in [0.1, 0.15) is 18.1 Å². The zero-order chi connectivity index (χ0) is 14.0. The van der Waals surface area contributed by atoms with E-state index in [2.05, 4.69) is 10.3 Å². The maximum absolute atomic E-state index is 10.0. The zero-order valence-corrected chi connectivity index (χ0v) is 11.9. The molecule has 0 aliphatic rings. The van der Waals surface area contributed by atoms with Gasteiger partial charge in [-0.1, -0.05) is 26.0 Å². The van der Waals surface area contributed by atoms with Gasteiger partial charge >= 0.3 is 0 Å². The van der Waals surface area contributed by atoms with E-state index < -0.39 is 6.10 Å². The Kier molecular flexibility index (Phi) is 3.75. The van der Waals surface area contributed by atoms with Crippen molar-refractivity contribution in [2.24, 2.45) is 5.41 Å². The molecule has 2 rings (SSSR count). The second kappa shape index (κ2) is 5.17. The first-order chi connectivity index (χ1) is 8.84. The van der Waals surface area contributed by atoms with Crippen LogP contribution in [0.3, 0.4) is 0 Å². The summed E-state index contributed by atoms with van der Waals surface area (Å²) in [6.45, 7) is 8.50. The van der Waals surface area contributed by atoms with Gasteiger partial charge in [-0.2, -0.15) is 0 Å². The Morgan fingerprint density at radius 3 is 2.68 bits per heavy atom. The fourth-order valence-electron chi connectivity index (χ4n) is 1.74. The first-order valence-corrected chi connectivity index (χ1v) is 6.47. The van der Waals surface area contributed by atoms with Gasteiger partial charge in [0.05, 0.1) is 11.8 Å². The average Bonchev–Trinajstić information content (AvgIpc) is 2.88. The van der Waals surface area contributed by atoms with Crippen LogP contribution in [0.4, 0.5) is 0 Å². The molecule has 0 saturated heterocycles. The van der Waals surface area contributed by atoms with Gasteiger partial charge in [-0.25, -0.2) is 4.68 Å². The van der Waals surface area contributed by atoms with Crippen molar-refractivity contribution in [3.05, 3.63) is 35.5 Å². The van der Waals surface area contributed by atoms with Crippen molar-refractivity contribution in [3.63, 3.8) is 0 Å². The first kappa shape index (κ1) is 13.8. The number of hydrogen-bond acceptors (Lipinski definition) is 4. The van der Waals surface area contributed by atoms with Gasteiger partial charge in [0.25, 0.3) is 0 Å². The van der Waals surface area contributed by atoms with E-state index in [9.17, 15) is 5.11 Å². The number of aryl methyl sites for hydroxylation is 1. The Balaban J connectivity index is 1.99. The molecule has 0 aliphatic heterocycles. The highest BCUT2D eigenvalue weighted by Gasteiger charge is 2.23. The summed E-state index contributed by atoms with van der Waals surface area (Å²) in [5, 5.41) is 18.2. The van der Waals surface area contributed by atoms with Crippen LogP contribution >= 0.6 is 0 Å². The van der Waals surface area contributed by atoms with E-state index in [1.807, 2.05) is 46.0 Å². The fourth-order valence-corrected chi connectivity index (χ4v) is 1.74. The molecule has 0 aromatic carbocycles. The number of rotatable bonds is 4. The SMILES string of the molecule is Cc1ccc(Cn2cc(CC(O)C(C)(C)C)nn2)o1. The third-order valence-corrected chi connectivity index (χ3v) is 3.10. The molecule has 2 aromatic heterocycles. The predicted molar refractivity (Wildman–Crippen MR) is 71.7 cm³/mol. The lowest BCUT2D eigenvalue weighted by atomic mass is 9.87. The molecule has 2 heterocycles. The van der Waals surface area contributed by atoms with Crippen molar-refractivity contribution in [3.8, 4) is 0 Å². The standard InChI is InChI=1S/C14H21N3O2/c1-10-5-6-12(19-10)9-17-8-11(15-16-17)7-13(18)14(2,3)4/h5-6,8,13,18H,7,9H2,1-4H3. The molecule has 0 bridgehead atoms. The molecule has 5 heteroatoms. The van der Waals surface area contributed by atoms with Gasteiger partial charge < -0.3 is 9.52 Å². The van der Waals surface area contributed by atoms with Crippen LogP contribution in [0.25, 0.3) is 0 Å². The number of aromatic nitrogens is 3. The highest BCUT2D eigenvalue weighted by atomic mass is 16.3. The van der Waals surface area contributed by atoms with Crippen molar-refractivity contribution in [2.75, 3.05) is 0 Å².